The molecule has 1 aromatic carbocycles. The molecule has 0 bridgehead atoms. The van der Waals surface area contributed by atoms with Gasteiger partial charge in [-0.25, -0.2) is 0 Å². The number of hydrogen-bond donors (Lipinski definition) is 0. The van der Waals surface area contributed by atoms with Crippen LogP contribution in [0.25, 0.3) is 0 Å². The smallest absolute Gasteiger partial charge is 0.309 e. The highest BCUT2D eigenvalue weighted by molar-refractivity contribution is 5.98. The van der Waals surface area contributed by atoms with Crippen molar-refractivity contribution in [2.45, 2.75) is 19.8 Å². The number of carbonyl (C=O) groups is 2. The lowest BCUT2D eigenvalue weighted by Gasteiger charge is -2.32. The van der Waals surface area contributed by atoms with Crippen molar-refractivity contribution in [2.24, 2.45) is 5.92 Å². The van der Waals surface area contributed by atoms with E-state index in [1.165, 1.54) is 11.0 Å². The van der Waals surface area contributed by atoms with Crippen LogP contribution in [0.3, 0.4) is 0 Å². The van der Waals surface area contributed by atoms with Gasteiger partial charge in [0.15, 0.2) is 0 Å². The maximum absolute atomic E-state index is 12.3. The van der Waals surface area contributed by atoms with Crippen molar-refractivity contribution in [1.29, 1.82) is 0 Å². The Kier molecular flexibility index (Phi) is 5.95. The number of carbonyl (C=O) groups excluding carboxylic acids is 2. The molecule has 0 saturated carbocycles. The van der Waals surface area contributed by atoms with Crippen molar-refractivity contribution in [3.63, 3.8) is 0 Å². The molecule has 1 aliphatic rings. The van der Waals surface area contributed by atoms with Gasteiger partial charge in [-0.2, -0.15) is 0 Å². The average molecular weight is 349 g/mol. The van der Waals surface area contributed by atoms with E-state index in [0.29, 0.717) is 32.5 Å². The number of amides is 1. The number of nitro groups is 1. The molecule has 1 amide bonds. The largest absolute Gasteiger partial charge is 0.466 e. The van der Waals surface area contributed by atoms with E-state index < -0.39 is 10.8 Å². The summed E-state index contributed by atoms with van der Waals surface area (Å²) in [6.45, 7) is 3.43. The third-order valence-electron chi connectivity index (χ3n) is 4.29. The van der Waals surface area contributed by atoms with E-state index in [1.54, 1.807) is 33.2 Å². The van der Waals surface area contributed by atoms with Crippen LogP contribution in [-0.4, -0.2) is 55.5 Å². The first-order valence-electron chi connectivity index (χ1n) is 8.26. The fourth-order valence-electron chi connectivity index (χ4n) is 2.93. The van der Waals surface area contributed by atoms with Gasteiger partial charge in [-0.3, -0.25) is 19.7 Å². The Bertz CT molecular complexity index is 666. The number of hydrogen-bond acceptors (Lipinski definition) is 6. The molecule has 8 heteroatoms. The van der Waals surface area contributed by atoms with E-state index in [-0.39, 0.29) is 23.1 Å². The summed E-state index contributed by atoms with van der Waals surface area (Å²) in [7, 11) is 3.12. The monoisotopic (exact) mass is 349 g/mol. The topological polar surface area (TPSA) is 93.0 Å². The van der Waals surface area contributed by atoms with Gasteiger partial charge in [-0.1, -0.05) is 0 Å². The zero-order valence-electron chi connectivity index (χ0n) is 14.7. The number of benzene rings is 1. The molecule has 1 aromatic rings. The first-order valence-corrected chi connectivity index (χ1v) is 8.26. The third-order valence-corrected chi connectivity index (χ3v) is 4.29. The number of piperidine rings is 1. The lowest BCUT2D eigenvalue weighted by atomic mass is 9.96. The Balaban J connectivity index is 2.18. The lowest BCUT2D eigenvalue weighted by Crippen LogP contribution is -2.37. The number of esters is 1. The number of anilines is 1. The predicted molar refractivity (Wildman–Crippen MR) is 92.7 cm³/mol. The van der Waals surface area contributed by atoms with E-state index >= 15 is 0 Å². The van der Waals surface area contributed by atoms with Crippen LogP contribution in [0.4, 0.5) is 11.4 Å². The molecule has 1 fully saturated rings. The van der Waals surface area contributed by atoms with Crippen LogP contribution < -0.4 is 4.90 Å². The van der Waals surface area contributed by atoms with Crippen molar-refractivity contribution in [3.05, 3.63) is 33.9 Å². The Morgan fingerprint density at radius 2 is 1.96 bits per heavy atom. The molecule has 8 nitrogen and oxygen atoms in total. The van der Waals surface area contributed by atoms with Crippen molar-refractivity contribution in [1.82, 2.24) is 4.90 Å². The molecule has 0 N–H and O–H groups in total. The SMILES string of the molecule is CCOC(=O)C1CCN(c2ccc([N+](=O)[O-])c(C(=O)N(C)C)c2)CC1. The molecular formula is C17H23N3O5. The second-order valence-corrected chi connectivity index (χ2v) is 6.17. The summed E-state index contributed by atoms with van der Waals surface area (Å²) in [5, 5.41) is 11.2. The molecule has 0 aliphatic carbocycles. The summed E-state index contributed by atoms with van der Waals surface area (Å²) in [5.41, 5.74) is 0.613. The van der Waals surface area contributed by atoms with Crippen LogP contribution in [-0.2, 0) is 9.53 Å². The maximum atomic E-state index is 12.3. The van der Waals surface area contributed by atoms with Crippen LogP contribution in [0.15, 0.2) is 18.2 Å². The highest BCUT2D eigenvalue weighted by Crippen LogP contribution is 2.29. The molecule has 25 heavy (non-hydrogen) atoms. The molecule has 0 atom stereocenters. The molecule has 0 spiro atoms. The summed E-state index contributed by atoms with van der Waals surface area (Å²) in [6.07, 6.45) is 1.32. The van der Waals surface area contributed by atoms with Gasteiger partial charge >= 0.3 is 5.97 Å². The zero-order valence-corrected chi connectivity index (χ0v) is 14.7. The van der Waals surface area contributed by atoms with E-state index in [4.69, 9.17) is 4.74 Å². The van der Waals surface area contributed by atoms with Crippen LogP contribution in [0.2, 0.25) is 0 Å². The Hall–Kier alpha value is -2.64. The maximum Gasteiger partial charge on any atom is 0.309 e. The minimum absolute atomic E-state index is 0.0695. The fraction of sp³-hybridized carbons (Fsp3) is 0.529. The summed E-state index contributed by atoms with van der Waals surface area (Å²) in [4.78, 5) is 38.1. The van der Waals surface area contributed by atoms with Crippen LogP contribution in [0, 0.1) is 16.0 Å². The predicted octanol–water partition coefficient (Wildman–Crippen LogP) is 2.08. The molecule has 0 aromatic heterocycles. The summed E-state index contributed by atoms with van der Waals surface area (Å²) in [5.74, 6) is -0.693. The fourth-order valence-corrected chi connectivity index (χ4v) is 2.93. The van der Waals surface area contributed by atoms with E-state index in [9.17, 15) is 19.7 Å². The quantitative estimate of drug-likeness (QED) is 0.459. The van der Waals surface area contributed by atoms with E-state index in [1.807, 2.05) is 4.90 Å². The van der Waals surface area contributed by atoms with Crippen LogP contribution in [0.1, 0.15) is 30.1 Å². The van der Waals surface area contributed by atoms with Gasteiger partial charge in [0.1, 0.15) is 5.56 Å². The van der Waals surface area contributed by atoms with Crippen molar-refractivity contribution in [3.8, 4) is 0 Å². The minimum atomic E-state index is -0.548. The Morgan fingerprint density at radius 3 is 2.48 bits per heavy atom. The van der Waals surface area contributed by atoms with E-state index in [2.05, 4.69) is 0 Å². The molecular weight excluding hydrogens is 326 g/mol. The average Bonchev–Trinajstić information content (AvgIpc) is 2.60. The van der Waals surface area contributed by atoms with Crippen molar-refractivity contribution in [2.75, 3.05) is 38.7 Å². The molecule has 0 unspecified atom stereocenters. The Labute approximate surface area is 146 Å². The summed E-state index contributed by atoms with van der Waals surface area (Å²) < 4.78 is 5.06. The molecule has 1 heterocycles. The first kappa shape index (κ1) is 18.7. The summed E-state index contributed by atoms with van der Waals surface area (Å²) >= 11 is 0. The van der Waals surface area contributed by atoms with Gasteiger partial charge in [0.05, 0.1) is 17.4 Å². The second kappa shape index (κ2) is 7.96. The van der Waals surface area contributed by atoms with Gasteiger partial charge in [-0.05, 0) is 31.9 Å². The Morgan fingerprint density at radius 1 is 1.32 bits per heavy atom. The van der Waals surface area contributed by atoms with Gasteiger partial charge in [0.2, 0.25) is 0 Å². The van der Waals surface area contributed by atoms with E-state index in [0.717, 1.165) is 5.69 Å². The van der Waals surface area contributed by atoms with Gasteiger partial charge in [0, 0.05) is 38.9 Å². The van der Waals surface area contributed by atoms with Crippen molar-refractivity contribution >= 4 is 23.3 Å². The number of ether oxygens (including phenoxy) is 1. The van der Waals surface area contributed by atoms with Gasteiger partial charge in [0.25, 0.3) is 11.6 Å². The molecule has 0 radical (unpaired) electrons. The first-order chi connectivity index (χ1) is 11.8. The molecule has 2 rings (SSSR count). The second-order valence-electron chi connectivity index (χ2n) is 6.17. The number of nitro benzene ring substituents is 1. The molecule has 136 valence electrons. The zero-order chi connectivity index (χ0) is 18.6. The normalized spacial score (nSPS) is 14.9. The molecule has 1 aliphatic heterocycles. The molecule has 1 saturated heterocycles. The lowest BCUT2D eigenvalue weighted by molar-refractivity contribution is -0.385. The van der Waals surface area contributed by atoms with Crippen molar-refractivity contribution < 1.29 is 19.2 Å². The highest BCUT2D eigenvalue weighted by Gasteiger charge is 2.28. The van der Waals surface area contributed by atoms with Gasteiger partial charge in [-0.15, -0.1) is 0 Å². The van der Waals surface area contributed by atoms with Gasteiger partial charge < -0.3 is 14.5 Å². The summed E-state index contributed by atoms with van der Waals surface area (Å²) in [6, 6.07) is 4.57. The van der Waals surface area contributed by atoms with Crippen LogP contribution >= 0.6 is 0 Å². The van der Waals surface area contributed by atoms with Crippen LogP contribution in [0.5, 0.6) is 0 Å². The minimum Gasteiger partial charge on any atom is -0.466 e. The number of nitrogens with zero attached hydrogens (tertiary/aromatic N) is 3. The third kappa shape index (κ3) is 4.26. The number of rotatable bonds is 5. The highest BCUT2D eigenvalue weighted by atomic mass is 16.6. The standard InChI is InChI=1S/C17H23N3O5/c1-4-25-17(22)12-7-9-19(10-8-12)13-5-6-15(20(23)24)14(11-13)16(21)18(2)3/h5-6,11-12H,4,7-10H2,1-3H3.